The lowest BCUT2D eigenvalue weighted by Crippen LogP contribution is -2.19. The van der Waals surface area contributed by atoms with Gasteiger partial charge in [-0.1, -0.05) is 13.0 Å². The SMILES string of the molecule is Cc1ccc(O)c2c1C(C)CC2NCc1ncc[nH]1. The molecule has 0 saturated carbocycles. The number of aromatic nitrogens is 2. The van der Waals surface area contributed by atoms with Crippen molar-refractivity contribution in [2.75, 3.05) is 0 Å². The summed E-state index contributed by atoms with van der Waals surface area (Å²) in [7, 11) is 0. The van der Waals surface area contributed by atoms with Crippen molar-refractivity contribution in [1.29, 1.82) is 0 Å². The van der Waals surface area contributed by atoms with E-state index in [1.807, 2.05) is 12.3 Å². The largest absolute Gasteiger partial charge is 0.508 e. The van der Waals surface area contributed by atoms with E-state index in [4.69, 9.17) is 0 Å². The predicted molar refractivity (Wildman–Crippen MR) is 74.0 cm³/mol. The first-order valence-electron chi connectivity index (χ1n) is 6.71. The van der Waals surface area contributed by atoms with Crippen LogP contribution in [0.4, 0.5) is 0 Å². The molecule has 3 rings (SSSR count). The number of H-pyrrole nitrogens is 1. The highest BCUT2D eigenvalue weighted by molar-refractivity contribution is 5.50. The zero-order valence-corrected chi connectivity index (χ0v) is 11.3. The van der Waals surface area contributed by atoms with Crippen LogP contribution < -0.4 is 5.32 Å². The second kappa shape index (κ2) is 4.70. The summed E-state index contributed by atoms with van der Waals surface area (Å²) in [6, 6.07) is 4.00. The standard InChI is InChI=1S/C15H19N3O/c1-9-3-4-12(19)15-11(7-10(2)14(9)15)18-8-13-16-5-6-17-13/h3-6,10-11,18-19H,7-8H2,1-2H3,(H,16,17). The molecule has 2 aromatic rings. The highest BCUT2D eigenvalue weighted by atomic mass is 16.3. The van der Waals surface area contributed by atoms with Crippen LogP contribution in [-0.2, 0) is 6.54 Å². The Morgan fingerprint density at radius 3 is 3.00 bits per heavy atom. The van der Waals surface area contributed by atoms with Gasteiger partial charge in [-0.15, -0.1) is 0 Å². The predicted octanol–water partition coefficient (Wildman–Crippen LogP) is 2.76. The van der Waals surface area contributed by atoms with Crippen LogP contribution in [0.25, 0.3) is 0 Å². The zero-order chi connectivity index (χ0) is 13.4. The van der Waals surface area contributed by atoms with Crippen molar-refractivity contribution in [3.63, 3.8) is 0 Å². The Bertz CT molecular complexity index is 577. The number of aromatic amines is 1. The highest BCUT2D eigenvalue weighted by Crippen LogP contribution is 2.45. The second-order valence-corrected chi connectivity index (χ2v) is 5.34. The maximum absolute atomic E-state index is 10.1. The van der Waals surface area contributed by atoms with Crippen LogP contribution in [0, 0.1) is 6.92 Å². The van der Waals surface area contributed by atoms with E-state index in [1.54, 1.807) is 12.3 Å². The van der Waals surface area contributed by atoms with Crippen molar-refractivity contribution in [2.24, 2.45) is 0 Å². The van der Waals surface area contributed by atoms with Crippen LogP contribution in [0.1, 0.15) is 47.8 Å². The fourth-order valence-corrected chi connectivity index (χ4v) is 3.14. The Kier molecular flexibility index (Phi) is 3.03. The van der Waals surface area contributed by atoms with Crippen molar-refractivity contribution in [3.05, 3.63) is 47.0 Å². The lowest BCUT2D eigenvalue weighted by atomic mass is 9.97. The van der Waals surface area contributed by atoms with Gasteiger partial charge in [0.2, 0.25) is 0 Å². The third kappa shape index (κ3) is 2.12. The molecule has 4 heteroatoms. The van der Waals surface area contributed by atoms with E-state index < -0.39 is 0 Å². The molecule has 2 unspecified atom stereocenters. The summed E-state index contributed by atoms with van der Waals surface area (Å²) >= 11 is 0. The summed E-state index contributed by atoms with van der Waals surface area (Å²) in [5.41, 5.74) is 3.64. The molecule has 0 amide bonds. The lowest BCUT2D eigenvalue weighted by Gasteiger charge is -2.15. The molecule has 2 atom stereocenters. The highest BCUT2D eigenvalue weighted by Gasteiger charge is 2.31. The van der Waals surface area contributed by atoms with Gasteiger partial charge in [0.25, 0.3) is 0 Å². The molecule has 100 valence electrons. The molecule has 0 aliphatic heterocycles. The van der Waals surface area contributed by atoms with E-state index in [9.17, 15) is 5.11 Å². The van der Waals surface area contributed by atoms with Crippen LogP contribution in [0.3, 0.4) is 0 Å². The van der Waals surface area contributed by atoms with Crippen molar-refractivity contribution in [3.8, 4) is 5.75 Å². The molecule has 1 heterocycles. The molecule has 0 spiro atoms. The summed E-state index contributed by atoms with van der Waals surface area (Å²) in [5.74, 6) is 1.81. The summed E-state index contributed by atoms with van der Waals surface area (Å²) in [5, 5.41) is 13.6. The van der Waals surface area contributed by atoms with Gasteiger partial charge in [-0.25, -0.2) is 4.98 Å². The zero-order valence-electron chi connectivity index (χ0n) is 11.3. The van der Waals surface area contributed by atoms with E-state index >= 15 is 0 Å². The second-order valence-electron chi connectivity index (χ2n) is 5.34. The number of rotatable bonds is 3. The van der Waals surface area contributed by atoms with Gasteiger partial charge in [0.05, 0.1) is 6.54 Å². The van der Waals surface area contributed by atoms with Crippen molar-refractivity contribution in [2.45, 2.75) is 38.8 Å². The van der Waals surface area contributed by atoms with Gasteiger partial charge in [0, 0.05) is 24.0 Å². The minimum atomic E-state index is 0.204. The van der Waals surface area contributed by atoms with Crippen LogP contribution in [-0.4, -0.2) is 15.1 Å². The normalized spacial score (nSPS) is 21.6. The maximum atomic E-state index is 10.1. The first-order chi connectivity index (χ1) is 9.16. The van der Waals surface area contributed by atoms with Crippen molar-refractivity contribution in [1.82, 2.24) is 15.3 Å². The number of nitrogens with zero attached hydrogens (tertiary/aromatic N) is 1. The molecule has 0 fully saturated rings. The minimum Gasteiger partial charge on any atom is -0.508 e. The summed E-state index contributed by atoms with van der Waals surface area (Å²) in [6.45, 7) is 5.03. The van der Waals surface area contributed by atoms with Crippen LogP contribution in [0.15, 0.2) is 24.5 Å². The Hall–Kier alpha value is -1.81. The van der Waals surface area contributed by atoms with Crippen molar-refractivity contribution < 1.29 is 5.11 Å². The van der Waals surface area contributed by atoms with Gasteiger partial charge in [-0.2, -0.15) is 0 Å². The quantitative estimate of drug-likeness (QED) is 0.792. The van der Waals surface area contributed by atoms with Crippen LogP contribution in [0.2, 0.25) is 0 Å². The van der Waals surface area contributed by atoms with E-state index in [1.165, 1.54) is 11.1 Å². The monoisotopic (exact) mass is 257 g/mol. The molecule has 0 bridgehead atoms. The average molecular weight is 257 g/mol. The Morgan fingerprint density at radius 1 is 1.42 bits per heavy atom. The maximum Gasteiger partial charge on any atom is 0.120 e. The van der Waals surface area contributed by atoms with Gasteiger partial charge in [0.1, 0.15) is 11.6 Å². The van der Waals surface area contributed by atoms with Gasteiger partial charge < -0.3 is 15.4 Å². The van der Waals surface area contributed by atoms with Crippen LogP contribution in [0.5, 0.6) is 5.75 Å². The number of nitrogens with one attached hydrogen (secondary N) is 2. The summed E-state index contributed by atoms with van der Waals surface area (Å²) in [4.78, 5) is 7.30. The number of aromatic hydroxyl groups is 1. The van der Waals surface area contributed by atoms with E-state index in [-0.39, 0.29) is 6.04 Å². The molecule has 0 saturated heterocycles. The first kappa shape index (κ1) is 12.2. The number of hydrogen-bond acceptors (Lipinski definition) is 3. The molecule has 1 aliphatic rings. The lowest BCUT2D eigenvalue weighted by molar-refractivity contribution is 0.443. The van der Waals surface area contributed by atoms with E-state index in [2.05, 4.69) is 29.1 Å². The molecular weight excluding hydrogens is 238 g/mol. The number of imidazole rings is 1. The van der Waals surface area contributed by atoms with E-state index in [0.717, 1.165) is 17.8 Å². The van der Waals surface area contributed by atoms with Gasteiger partial charge in [-0.05, 0) is 36.5 Å². The Labute approximate surface area is 112 Å². The molecule has 1 aromatic heterocycles. The molecule has 1 aromatic carbocycles. The molecule has 0 radical (unpaired) electrons. The fraction of sp³-hybridized carbons (Fsp3) is 0.400. The Balaban J connectivity index is 1.85. The Morgan fingerprint density at radius 2 is 2.26 bits per heavy atom. The van der Waals surface area contributed by atoms with E-state index in [0.29, 0.717) is 18.2 Å². The summed E-state index contributed by atoms with van der Waals surface area (Å²) < 4.78 is 0. The van der Waals surface area contributed by atoms with Gasteiger partial charge in [0.15, 0.2) is 0 Å². The molecular formula is C15H19N3O. The molecule has 19 heavy (non-hydrogen) atoms. The smallest absolute Gasteiger partial charge is 0.120 e. The van der Waals surface area contributed by atoms with Crippen LogP contribution >= 0.6 is 0 Å². The number of fused-ring (bicyclic) bond motifs is 1. The van der Waals surface area contributed by atoms with Crippen molar-refractivity contribution >= 4 is 0 Å². The number of benzene rings is 1. The van der Waals surface area contributed by atoms with Gasteiger partial charge in [-0.3, -0.25) is 0 Å². The summed E-state index contributed by atoms with van der Waals surface area (Å²) in [6.07, 6.45) is 4.60. The third-order valence-electron chi connectivity index (χ3n) is 3.98. The topological polar surface area (TPSA) is 60.9 Å². The number of phenols is 1. The molecule has 3 N–H and O–H groups in total. The average Bonchev–Trinajstić information content (AvgIpc) is 2.99. The molecule has 1 aliphatic carbocycles. The minimum absolute atomic E-state index is 0.204. The number of aryl methyl sites for hydroxylation is 1. The third-order valence-corrected chi connectivity index (χ3v) is 3.98. The van der Waals surface area contributed by atoms with Gasteiger partial charge >= 0.3 is 0 Å². The first-order valence-corrected chi connectivity index (χ1v) is 6.71. The number of phenolic OH excluding ortho intramolecular Hbond substituents is 1. The molecule has 4 nitrogen and oxygen atoms in total. The fourth-order valence-electron chi connectivity index (χ4n) is 3.14. The number of hydrogen-bond donors (Lipinski definition) is 3.